The summed E-state index contributed by atoms with van der Waals surface area (Å²) in [6, 6.07) is 12.2. The minimum Gasteiger partial charge on any atom is -0.497 e. The first-order valence-corrected chi connectivity index (χ1v) is 8.19. The summed E-state index contributed by atoms with van der Waals surface area (Å²) < 4.78 is 15.4. The summed E-state index contributed by atoms with van der Waals surface area (Å²) in [5.74, 6) is 0.447. The molecule has 1 N–H and O–H groups in total. The Hall–Kier alpha value is -3.02. The van der Waals surface area contributed by atoms with Crippen molar-refractivity contribution in [1.29, 1.82) is 0 Å². The summed E-state index contributed by atoms with van der Waals surface area (Å²) in [5.41, 5.74) is 2.02. The van der Waals surface area contributed by atoms with E-state index in [1.807, 2.05) is 31.2 Å². The second-order valence-corrected chi connectivity index (χ2v) is 5.82. The van der Waals surface area contributed by atoms with E-state index >= 15 is 0 Å². The average Bonchev–Trinajstić information content (AvgIpc) is 2.65. The number of aryl methyl sites for hydroxylation is 1. The molecule has 0 aromatic heterocycles. The van der Waals surface area contributed by atoms with Crippen LogP contribution in [0, 0.1) is 6.92 Å². The molecule has 138 valence electrons. The van der Waals surface area contributed by atoms with E-state index in [0.29, 0.717) is 17.1 Å². The molecule has 0 heterocycles. The maximum atomic E-state index is 12.1. The molecule has 1 amide bonds. The predicted molar refractivity (Wildman–Crippen MR) is 97.6 cm³/mol. The Bertz CT molecular complexity index is 788. The van der Waals surface area contributed by atoms with E-state index in [-0.39, 0.29) is 18.6 Å². The van der Waals surface area contributed by atoms with Gasteiger partial charge in [0.2, 0.25) is 0 Å². The molecule has 2 rings (SSSR count). The number of amides is 1. The molecule has 0 radical (unpaired) electrons. The Balaban J connectivity index is 1.90. The minimum absolute atomic E-state index is 0.237. The minimum atomic E-state index is -0.547. The highest BCUT2D eigenvalue weighted by atomic mass is 16.5. The van der Waals surface area contributed by atoms with Gasteiger partial charge in [-0.1, -0.05) is 12.1 Å². The second-order valence-electron chi connectivity index (χ2n) is 5.82. The number of methoxy groups -OCH3 is 2. The van der Waals surface area contributed by atoms with Crippen molar-refractivity contribution < 1.29 is 23.8 Å². The van der Waals surface area contributed by atoms with E-state index in [0.717, 1.165) is 11.1 Å². The first-order valence-electron chi connectivity index (χ1n) is 8.19. The quantitative estimate of drug-likeness (QED) is 0.771. The Kier molecular flexibility index (Phi) is 6.60. The van der Waals surface area contributed by atoms with Gasteiger partial charge in [-0.3, -0.25) is 4.79 Å². The molecule has 6 nitrogen and oxygen atoms in total. The van der Waals surface area contributed by atoms with Crippen molar-refractivity contribution in [3.63, 3.8) is 0 Å². The number of nitrogens with one attached hydrogen (secondary N) is 1. The topological polar surface area (TPSA) is 73.9 Å². The molecule has 0 aliphatic heterocycles. The molecular formula is C20H23NO5. The van der Waals surface area contributed by atoms with E-state index < -0.39 is 5.97 Å². The monoisotopic (exact) mass is 357 g/mol. The molecule has 0 bridgehead atoms. The van der Waals surface area contributed by atoms with Gasteiger partial charge in [0.05, 0.1) is 25.8 Å². The number of carbonyl (C=O) groups excluding carboxylic acids is 2. The van der Waals surface area contributed by atoms with Gasteiger partial charge >= 0.3 is 5.97 Å². The predicted octanol–water partition coefficient (Wildman–Crippen LogP) is 3.05. The van der Waals surface area contributed by atoms with Crippen molar-refractivity contribution in [1.82, 2.24) is 5.32 Å². The summed E-state index contributed by atoms with van der Waals surface area (Å²) in [6.45, 7) is 3.28. The highest BCUT2D eigenvalue weighted by molar-refractivity contribution is 5.92. The first kappa shape index (κ1) is 19.3. The lowest BCUT2D eigenvalue weighted by molar-refractivity contribution is -0.124. The molecule has 2 aromatic carbocycles. The zero-order valence-electron chi connectivity index (χ0n) is 15.4. The average molecular weight is 357 g/mol. The third kappa shape index (κ3) is 4.99. The van der Waals surface area contributed by atoms with Crippen LogP contribution in [0.5, 0.6) is 11.5 Å². The Morgan fingerprint density at radius 2 is 1.73 bits per heavy atom. The fraction of sp³-hybridized carbons (Fsp3) is 0.300. The highest BCUT2D eigenvalue weighted by Gasteiger charge is 2.15. The number of carbonyl (C=O) groups is 2. The van der Waals surface area contributed by atoms with Gasteiger partial charge in [-0.05, 0) is 55.3 Å². The van der Waals surface area contributed by atoms with Crippen LogP contribution in [-0.4, -0.2) is 32.7 Å². The van der Waals surface area contributed by atoms with Crippen LogP contribution >= 0.6 is 0 Å². The first-order chi connectivity index (χ1) is 12.4. The lowest BCUT2D eigenvalue weighted by Gasteiger charge is -2.15. The van der Waals surface area contributed by atoms with Crippen LogP contribution in [0.15, 0.2) is 42.5 Å². The molecular weight excluding hydrogens is 334 g/mol. The van der Waals surface area contributed by atoms with Crippen LogP contribution in [0.2, 0.25) is 0 Å². The third-order valence-corrected chi connectivity index (χ3v) is 3.96. The smallest absolute Gasteiger partial charge is 0.338 e. The molecule has 0 spiro atoms. The molecule has 0 fully saturated rings. The molecule has 2 aromatic rings. The van der Waals surface area contributed by atoms with Crippen LogP contribution in [0.4, 0.5) is 0 Å². The van der Waals surface area contributed by atoms with E-state index in [1.165, 1.54) is 0 Å². The maximum Gasteiger partial charge on any atom is 0.338 e. The summed E-state index contributed by atoms with van der Waals surface area (Å²) in [4.78, 5) is 24.2. The van der Waals surface area contributed by atoms with Gasteiger partial charge in [0.15, 0.2) is 6.61 Å². The van der Waals surface area contributed by atoms with E-state index in [2.05, 4.69) is 5.32 Å². The normalized spacial score (nSPS) is 11.4. The lowest BCUT2D eigenvalue weighted by atomic mass is 10.1. The van der Waals surface area contributed by atoms with E-state index in [4.69, 9.17) is 14.2 Å². The van der Waals surface area contributed by atoms with E-state index in [9.17, 15) is 9.59 Å². The zero-order valence-corrected chi connectivity index (χ0v) is 15.4. The van der Waals surface area contributed by atoms with Gasteiger partial charge in [-0.15, -0.1) is 0 Å². The molecule has 0 aliphatic carbocycles. The lowest BCUT2D eigenvalue weighted by Crippen LogP contribution is -2.31. The molecule has 0 aliphatic rings. The third-order valence-electron chi connectivity index (χ3n) is 3.96. The fourth-order valence-corrected chi connectivity index (χ4v) is 2.48. The van der Waals surface area contributed by atoms with Crippen molar-refractivity contribution in [3.8, 4) is 11.5 Å². The second kappa shape index (κ2) is 8.89. The van der Waals surface area contributed by atoms with Gasteiger partial charge in [-0.2, -0.15) is 0 Å². The molecule has 1 unspecified atom stereocenters. The van der Waals surface area contributed by atoms with Gasteiger partial charge in [0, 0.05) is 0 Å². The van der Waals surface area contributed by atoms with Crippen molar-refractivity contribution >= 4 is 11.9 Å². The van der Waals surface area contributed by atoms with Crippen LogP contribution in [0.25, 0.3) is 0 Å². The molecule has 6 heteroatoms. The van der Waals surface area contributed by atoms with Crippen LogP contribution in [0.1, 0.15) is 34.5 Å². The Morgan fingerprint density at radius 1 is 1.04 bits per heavy atom. The molecule has 0 saturated carbocycles. The summed E-state index contributed by atoms with van der Waals surface area (Å²) >= 11 is 0. The zero-order chi connectivity index (χ0) is 19.1. The maximum absolute atomic E-state index is 12.1. The van der Waals surface area contributed by atoms with Crippen molar-refractivity contribution in [2.75, 3.05) is 20.8 Å². The number of esters is 1. The van der Waals surface area contributed by atoms with Gasteiger partial charge in [0.1, 0.15) is 11.5 Å². The van der Waals surface area contributed by atoms with Gasteiger partial charge in [-0.25, -0.2) is 4.79 Å². The van der Waals surface area contributed by atoms with Gasteiger partial charge < -0.3 is 19.5 Å². The number of hydrogen-bond donors (Lipinski definition) is 1. The van der Waals surface area contributed by atoms with Gasteiger partial charge in [0.25, 0.3) is 5.91 Å². The number of hydrogen-bond acceptors (Lipinski definition) is 5. The largest absolute Gasteiger partial charge is 0.497 e. The highest BCUT2D eigenvalue weighted by Crippen LogP contribution is 2.19. The number of ether oxygens (including phenoxy) is 3. The molecule has 1 atom stereocenters. The van der Waals surface area contributed by atoms with Crippen LogP contribution < -0.4 is 14.8 Å². The van der Waals surface area contributed by atoms with Crippen molar-refractivity contribution in [2.45, 2.75) is 19.9 Å². The Labute approximate surface area is 153 Å². The fourth-order valence-electron chi connectivity index (χ4n) is 2.48. The van der Waals surface area contributed by atoms with Crippen LogP contribution in [-0.2, 0) is 9.53 Å². The summed E-state index contributed by atoms with van der Waals surface area (Å²) in [6.07, 6.45) is 0. The number of benzene rings is 2. The standard InChI is InChI=1S/C20H23NO5/c1-13-10-17(25-4)8-9-18(13)20(23)26-12-19(22)21-14(2)15-6-5-7-16(11-15)24-3/h5-11,14H,12H2,1-4H3,(H,21,22). The van der Waals surface area contributed by atoms with E-state index in [1.54, 1.807) is 39.3 Å². The summed E-state index contributed by atoms with van der Waals surface area (Å²) in [5, 5.41) is 2.80. The number of rotatable bonds is 7. The summed E-state index contributed by atoms with van der Waals surface area (Å²) in [7, 11) is 3.14. The molecule has 26 heavy (non-hydrogen) atoms. The van der Waals surface area contributed by atoms with Crippen molar-refractivity contribution in [3.05, 3.63) is 59.2 Å². The SMILES string of the molecule is COc1cccc(C(C)NC(=O)COC(=O)c2ccc(OC)cc2C)c1. The van der Waals surface area contributed by atoms with Crippen LogP contribution in [0.3, 0.4) is 0 Å². The van der Waals surface area contributed by atoms with Crippen molar-refractivity contribution in [2.24, 2.45) is 0 Å². The Morgan fingerprint density at radius 3 is 2.38 bits per heavy atom. The molecule has 0 saturated heterocycles.